The Morgan fingerprint density at radius 3 is 2.62 bits per heavy atom. The monoisotopic (exact) mass is 349 g/mol. The van der Waals surface area contributed by atoms with E-state index in [4.69, 9.17) is 0 Å². The van der Waals surface area contributed by atoms with Crippen molar-refractivity contribution in [2.75, 3.05) is 6.54 Å². The van der Waals surface area contributed by atoms with Crippen LogP contribution in [0, 0.1) is 6.92 Å². The highest BCUT2D eigenvalue weighted by molar-refractivity contribution is 9.10. The number of benzene rings is 1. The Hall–Kier alpha value is -1.13. The number of halogens is 1. The third-order valence-electron chi connectivity index (χ3n) is 3.86. The van der Waals surface area contributed by atoms with E-state index in [0.717, 1.165) is 29.6 Å². The van der Waals surface area contributed by atoms with Crippen LogP contribution in [0.5, 0.6) is 0 Å². The molecule has 0 saturated carbocycles. The minimum Gasteiger partial charge on any atom is -0.310 e. The first-order valence-corrected chi connectivity index (χ1v) is 8.35. The van der Waals surface area contributed by atoms with Crippen molar-refractivity contribution >= 4 is 15.9 Å². The van der Waals surface area contributed by atoms with Crippen molar-refractivity contribution in [2.24, 2.45) is 7.05 Å². The van der Waals surface area contributed by atoms with E-state index in [9.17, 15) is 0 Å². The molecule has 1 atom stereocenters. The van der Waals surface area contributed by atoms with Crippen molar-refractivity contribution in [1.82, 2.24) is 15.1 Å². The lowest BCUT2D eigenvalue weighted by Gasteiger charge is -2.20. The van der Waals surface area contributed by atoms with Crippen molar-refractivity contribution in [3.05, 3.63) is 51.3 Å². The molecule has 0 aliphatic rings. The average Bonchev–Trinajstić information content (AvgIpc) is 2.79. The summed E-state index contributed by atoms with van der Waals surface area (Å²) in [6.45, 7) is 7.43. The molecule has 0 aliphatic heterocycles. The zero-order valence-electron chi connectivity index (χ0n) is 13.3. The Balaban J connectivity index is 2.28. The van der Waals surface area contributed by atoms with Gasteiger partial charge in [0.1, 0.15) is 0 Å². The largest absolute Gasteiger partial charge is 0.310 e. The zero-order chi connectivity index (χ0) is 15.4. The summed E-state index contributed by atoms with van der Waals surface area (Å²) in [5.74, 6) is 0. The van der Waals surface area contributed by atoms with Crippen molar-refractivity contribution in [2.45, 2.75) is 39.7 Å². The lowest BCUT2D eigenvalue weighted by Crippen LogP contribution is -2.24. The Morgan fingerprint density at radius 2 is 2.05 bits per heavy atom. The fourth-order valence-electron chi connectivity index (χ4n) is 2.71. The number of rotatable bonds is 6. The van der Waals surface area contributed by atoms with Gasteiger partial charge in [0.05, 0.1) is 5.69 Å². The minimum atomic E-state index is 0.322. The third-order valence-corrected chi connectivity index (χ3v) is 4.35. The summed E-state index contributed by atoms with van der Waals surface area (Å²) >= 11 is 3.54. The lowest BCUT2D eigenvalue weighted by molar-refractivity contribution is 0.526. The van der Waals surface area contributed by atoms with Gasteiger partial charge in [-0.05, 0) is 49.2 Å². The maximum atomic E-state index is 4.55. The lowest BCUT2D eigenvalue weighted by atomic mass is 9.97. The van der Waals surface area contributed by atoms with Gasteiger partial charge in [-0.3, -0.25) is 4.68 Å². The molecule has 0 amide bonds. The first-order chi connectivity index (χ1) is 10.0. The van der Waals surface area contributed by atoms with E-state index in [1.807, 2.05) is 11.7 Å². The summed E-state index contributed by atoms with van der Waals surface area (Å²) in [4.78, 5) is 0. The van der Waals surface area contributed by atoms with Gasteiger partial charge in [0, 0.05) is 29.7 Å². The van der Waals surface area contributed by atoms with E-state index in [2.05, 4.69) is 71.4 Å². The van der Waals surface area contributed by atoms with Crippen molar-refractivity contribution in [3.63, 3.8) is 0 Å². The number of nitrogens with one attached hydrogen (secondary N) is 1. The maximum Gasteiger partial charge on any atom is 0.0624 e. The highest BCUT2D eigenvalue weighted by Gasteiger charge is 2.16. The van der Waals surface area contributed by atoms with Gasteiger partial charge in [0.25, 0.3) is 0 Å². The second-order valence-electron chi connectivity index (χ2n) is 5.42. The molecule has 2 aromatic rings. The van der Waals surface area contributed by atoms with Crippen molar-refractivity contribution in [3.8, 4) is 0 Å². The van der Waals surface area contributed by atoms with Crippen LogP contribution in [-0.4, -0.2) is 16.3 Å². The van der Waals surface area contributed by atoms with Gasteiger partial charge in [-0.2, -0.15) is 5.10 Å². The Morgan fingerprint density at radius 1 is 1.29 bits per heavy atom. The minimum absolute atomic E-state index is 0.322. The molecule has 114 valence electrons. The van der Waals surface area contributed by atoms with Crippen molar-refractivity contribution in [1.29, 1.82) is 0 Å². The molecule has 1 aromatic carbocycles. The Labute approximate surface area is 135 Å². The van der Waals surface area contributed by atoms with E-state index >= 15 is 0 Å². The van der Waals surface area contributed by atoms with E-state index < -0.39 is 0 Å². The second kappa shape index (κ2) is 7.23. The summed E-state index contributed by atoms with van der Waals surface area (Å²) in [6.07, 6.45) is 1.94. The fraction of sp³-hybridized carbons (Fsp3) is 0.471. The molecule has 21 heavy (non-hydrogen) atoms. The zero-order valence-corrected chi connectivity index (χ0v) is 14.9. The molecule has 4 heteroatoms. The summed E-state index contributed by atoms with van der Waals surface area (Å²) in [7, 11) is 2.03. The summed E-state index contributed by atoms with van der Waals surface area (Å²) < 4.78 is 3.14. The number of likely N-dealkylation sites (N-methyl/N-ethyl adjacent to an activating group) is 1. The topological polar surface area (TPSA) is 29.9 Å². The quantitative estimate of drug-likeness (QED) is 0.855. The number of hydrogen-bond donors (Lipinski definition) is 1. The van der Waals surface area contributed by atoms with Gasteiger partial charge in [-0.15, -0.1) is 0 Å². The van der Waals surface area contributed by atoms with Crippen molar-refractivity contribution < 1.29 is 0 Å². The van der Waals surface area contributed by atoms with Crippen LogP contribution in [0.2, 0.25) is 0 Å². The normalized spacial score (nSPS) is 12.6. The van der Waals surface area contributed by atoms with E-state index in [1.165, 1.54) is 16.8 Å². The molecule has 0 spiro atoms. The van der Waals surface area contributed by atoms with Gasteiger partial charge in [-0.25, -0.2) is 0 Å². The van der Waals surface area contributed by atoms with Crippen LogP contribution >= 0.6 is 15.9 Å². The molecule has 1 unspecified atom stereocenters. The molecule has 0 radical (unpaired) electrons. The number of nitrogens with zero attached hydrogens (tertiary/aromatic N) is 2. The van der Waals surface area contributed by atoms with Gasteiger partial charge < -0.3 is 5.32 Å². The summed E-state index contributed by atoms with van der Waals surface area (Å²) in [5.41, 5.74) is 5.11. The Bertz CT molecular complexity index is 604. The molecule has 0 fully saturated rings. The number of aromatic nitrogens is 2. The highest BCUT2D eigenvalue weighted by atomic mass is 79.9. The molecule has 1 aromatic heterocycles. The summed E-state index contributed by atoms with van der Waals surface area (Å²) in [5, 5.41) is 8.16. The third kappa shape index (κ3) is 3.95. The predicted molar refractivity (Wildman–Crippen MR) is 91.6 cm³/mol. The van der Waals surface area contributed by atoms with Crippen LogP contribution in [0.15, 0.2) is 28.7 Å². The van der Waals surface area contributed by atoms with Crippen LogP contribution in [0.3, 0.4) is 0 Å². The van der Waals surface area contributed by atoms with E-state index in [0.29, 0.717) is 6.04 Å². The van der Waals surface area contributed by atoms with Crippen LogP contribution in [0.25, 0.3) is 0 Å². The van der Waals surface area contributed by atoms with Gasteiger partial charge in [-0.1, -0.05) is 35.8 Å². The molecule has 1 heterocycles. The van der Waals surface area contributed by atoms with E-state index in [1.54, 1.807) is 0 Å². The molecule has 0 saturated heterocycles. The first-order valence-electron chi connectivity index (χ1n) is 7.56. The molecule has 3 nitrogen and oxygen atoms in total. The molecular weight excluding hydrogens is 326 g/mol. The highest BCUT2D eigenvalue weighted by Crippen LogP contribution is 2.25. The average molecular weight is 350 g/mol. The van der Waals surface area contributed by atoms with Gasteiger partial charge in [0.15, 0.2) is 0 Å². The number of aryl methyl sites for hydroxylation is 3. The summed E-state index contributed by atoms with van der Waals surface area (Å²) in [6, 6.07) is 9.05. The van der Waals surface area contributed by atoms with Crippen LogP contribution in [-0.2, 0) is 19.9 Å². The standard InChI is InChI=1S/C17H24BrN3/c1-5-14-10-15(21(4)20-14)11-17(19-6-2)16-8-7-13(18)9-12(16)3/h7-10,17,19H,5-6,11H2,1-4H3. The predicted octanol–water partition coefficient (Wildman–Crippen LogP) is 3.95. The number of hydrogen-bond acceptors (Lipinski definition) is 2. The van der Waals surface area contributed by atoms with Crippen LogP contribution in [0.4, 0.5) is 0 Å². The molecule has 0 bridgehead atoms. The molecule has 0 aliphatic carbocycles. The molecule has 2 rings (SSSR count). The second-order valence-corrected chi connectivity index (χ2v) is 6.34. The van der Waals surface area contributed by atoms with Crippen LogP contribution < -0.4 is 5.32 Å². The van der Waals surface area contributed by atoms with Gasteiger partial charge in [0.2, 0.25) is 0 Å². The Kier molecular flexibility index (Phi) is 5.59. The van der Waals surface area contributed by atoms with E-state index in [-0.39, 0.29) is 0 Å². The fourth-order valence-corrected chi connectivity index (χ4v) is 3.19. The smallest absolute Gasteiger partial charge is 0.0624 e. The maximum absolute atomic E-state index is 4.55. The first kappa shape index (κ1) is 16.2. The molecule has 1 N–H and O–H groups in total. The van der Waals surface area contributed by atoms with Crippen LogP contribution in [0.1, 0.15) is 42.4 Å². The van der Waals surface area contributed by atoms with Gasteiger partial charge >= 0.3 is 0 Å². The SMILES string of the molecule is CCNC(Cc1cc(CC)nn1C)c1ccc(Br)cc1C. The molecular formula is C17H24BrN3.